The number of imide groups is 1. The summed E-state index contributed by atoms with van der Waals surface area (Å²) in [6.07, 6.45) is 0.408. The van der Waals surface area contributed by atoms with E-state index in [9.17, 15) is 19.2 Å². The average Bonchev–Trinajstić information content (AvgIpc) is 3.22. The molecule has 0 bridgehead atoms. The Balaban J connectivity index is 1.35. The van der Waals surface area contributed by atoms with Gasteiger partial charge >= 0.3 is 0 Å². The first-order chi connectivity index (χ1) is 18.2. The van der Waals surface area contributed by atoms with Gasteiger partial charge < -0.3 is 19.3 Å². The maximum atomic E-state index is 13.1. The molecule has 9 nitrogen and oxygen atoms in total. The van der Waals surface area contributed by atoms with E-state index in [2.05, 4.69) is 5.32 Å². The fourth-order valence-electron chi connectivity index (χ4n) is 5.03. The van der Waals surface area contributed by atoms with Crippen LogP contribution in [0, 0.1) is 0 Å². The molecule has 3 aliphatic heterocycles. The van der Waals surface area contributed by atoms with Crippen LogP contribution in [0.2, 0.25) is 0 Å². The summed E-state index contributed by atoms with van der Waals surface area (Å²) in [5, 5.41) is 2.28. The molecule has 3 heterocycles. The van der Waals surface area contributed by atoms with Crippen molar-refractivity contribution < 1.29 is 28.7 Å². The summed E-state index contributed by atoms with van der Waals surface area (Å²) in [4.78, 5) is 52.1. The molecular formula is C25H21B4N3O6. The predicted molar refractivity (Wildman–Crippen MR) is 140 cm³/mol. The molecule has 0 saturated carbocycles. The molecule has 0 aliphatic carbocycles. The van der Waals surface area contributed by atoms with Crippen molar-refractivity contribution in [3.63, 3.8) is 0 Å². The zero-order valence-corrected chi connectivity index (χ0v) is 20.5. The number of piperidine rings is 1. The van der Waals surface area contributed by atoms with Crippen molar-refractivity contribution in [3.05, 3.63) is 52.6 Å². The SMILES string of the molecule is [B]c1cc(C([B])N2CCOCC2=O)c([B])cc1C([B])Oc1cccc2c1CN(C1CCC(=O)NC1=O)C2=O. The minimum atomic E-state index is -1.04. The number of amides is 4. The van der Waals surface area contributed by atoms with Crippen LogP contribution in [-0.2, 0) is 25.7 Å². The van der Waals surface area contributed by atoms with Crippen LogP contribution in [0.3, 0.4) is 0 Å². The van der Waals surface area contributed by atoms with Gasteiger partial charge in [-0.2, -0.15) is 0 Å². The number of benzene rings is 2. The lowest BCUT2D eigenvalue weighted by Crippen LogP contribution is -2.52. The number of carbonyl (C=O) groups excluding carboxylic acids is 4. The highest BCUT2D eigenvalue weighted by Crippen LogP contribution is 2.35. The van der Waals surface area contributed by atoms with Gasteiger partial charge in [-0.15, -0.1) is 0 Å². The average molecular weight is 503 g/mol. The first kappa shape index (κ1) is 26.2. The Morgan fingerprint density at radius 1 is 1.05 bits per heavy atom. The van der Waals surface area contributed by atoms with Crippen LogP contribution in [0.15, 0.2) is 30.3 Å². The highest BCUT2D eigenvalue weighted by atomic mass is 16.5. The third kappa shape index (κ3) is 4.75. The molecule has 5 rings (SSSR count). The molecule has 4 amide bonds. The number of fused-ring (bicyclic) bond motifs is 1. The molecule has 3 unspecified atom stereocenters. The lowest BCUT2D eigenvalue weighted by atomic mass is 9.72. The van der Waals surface area contributed by atoms with Crippen molar-refractivity contribution in [2.75, 3.05) is 19.8 Å². The Hall–Kier alpha value is -3.46. The monoisotopic (exact) mass is 503 g/mol. The molecule has 0 aromatic heterocycles. The van der Waals surface area contributed by atoms with Crippen LogP contribution in [0.4, 0.5) is 0 Å². The summed E-state index contributed by atoms with van der Waals surface area (Å²) < 4.78 is 11.2. The van der Waals surface area contributed by atoms with Crippen molar-refractivity contribution in [2.24, 2.45) is 0 Å². The summed E-state index contributed by atoms with van der Waals surface area (Å²) in [5.41, 5.74) is 2.40. The van der Waals surface area contributed by atoms with Gasteiger partial charge in [-0.25, -0.2) is 0 Å². The minimum absolute atomic E-state index is 0.0508. The smallest absolute Gasteiger partial charge is 0.255 e. The number of hydrogen-bond acceptors (Lipinski definition) is 6. The fraction of sp³-hybridized carbons (Fsp3) is 0.360. The molecule has 2 saturated heterocycles. The van der Waals surface area contributed by atoms with E-state index >= 15 is 0 Å². The van der Waals surface area contributed by atoms with Gasteiger partial charge in [-0.3, -0.25) is 24.5 Å². The maximum Gasteiger partial charge on any atom is 0.255 e. The Kier molecular flexibility index (Phi) is 7.13. The molecule has 2 aromatic rings. The predicted octanol–water partition coefficient (Wildman–Crippen LogP) is -1.69. The number of carbonyl (C=O) groups is 4. The summed E-state index contributed by atoms with van der Waals surface area (Å²) >= 11 is 0. The van der Waals surface area contributed by atoms with E-state index < -0.39 is 23.9 Å². The van der Waals surface area contributed by atoms with Crippen molar-refractivity contribution in [1.29, 1.82) is 0 Å². The molecule has 2 fully saturated rings. The van der Waals surface area contributed by atoms with Crippen molar-refractivity contribution in [3.8, 4) is 5.75 Å². The Morgan fingerprint density at radius 2 is 1.79 bits per heavy atom. The highest BCUT2D eigenvalue weighted by Gasteiger charge is 2.40. The number of rotatable bonds is 6. The second-order valence-corrected chi connectivity index (χ2v) is 9.42. The van der Waals surface area contributed by atoms with Crippen molar-refractivity contribution in [1.82, 2.24) is 15.1 Å². The summed E-state index contributed by atoms with van der Waals surface area (Å²) in [5.74, 6) is -1.87. The molecule has 0 spiro atoms. The quantitative estimate of drug-likeness (QED) is 0.373. The standard InChI is InChI=1S/C25H21B4N3O6/c26-16-9-14(17(27)8-13(16)22(28)31-6-7-37-11-21(31)34)23(29)38-19-3-1-2-12-15(19)10-32(25(12)36)18-4-5-20(33)30-24(18)35/h1-3,8-9,18,22-23H,4-7,10-11H2,(H,30,33,35). The first-order valence-corrected chi connectivity index (χ1v) is 12.2. The molecule has 8 radical (unpaired) electrons. The molecule has 184 valence electrons. The van der Waals surface area contributed by atoms with Gasteiger partial charge in [0.15, 0.2) is 0 Å². The molecule has 13 heteroatoms. The zero-order valence-electron chi connectivity index (χ0n) is 20.5. The van der Waals surface area contributed by atoms with E-state index in [4.69, 9.17) is 40.9 Å². The summed E-state index contributed by atoms with van der Waals surface area (Å²) in [7, 11) is 25.2. The molecule has 3 atom stereocenters. The van der Waals surface area contributed by atoms with Crippen LogP contribution >= 0.6 is 0 Å². The minimum Gasteiger partial charge on any atom is -0.496 e. The van der Waals surface area contributed by atoms with Crippen LogP contribution in [0.25, 0.3) is 0 Å². The Labute approximate surface area is 225 Å². The lowest BCUT2D eigenvalue weighted by molar-refractivity contribution is -0.143. The van der Waals surface area contributed by atoms with Gasteiger partial charge in [0, 0.05) is 30.0 Å². The van der Waals surface area contributed by atoms with Crippen LogP contribution < -0.4 is 21.0 Å². The molecule has 3 aliphatic rings. The number of ether oxygens (including phenoxy) is 2. The van der Waals surface area contributed by atoms with Gasteiger partial charge in [0.25, 0.3) is 5.91 Å². The summed E-state index contributed by atoms with van der Waals surface area (Å²) in [6.45, 7) is 0.779. The first-order valence-electron chi connectivity index (χ1n) is 12.2. The zero-order chi connectivity index (χ0) is 27.1. The van der Waals surface area contributed by atoms with Crippen molar-refractivity contribution in [2.45, 2.75) is 37.4 Å². The topological polar surface area (TPSA) is 105 Å². The normalized spacial score (nSPS) is 21.2. The van der Waals surface area contributed by atoms with Crippen molar-refractivity contribution >= 4 is 65.9 Å². The Bertz CT molecular complexity index is 1340. The van der Waals surface area contributed by atoms with Crippen LogP contribution in [0.5, 0.6) is 5.75 Å². The molecular weight excluding hydrogens is 482 g/mol. The lowest BCUT2D eigenvalue weighted by Gasteiger charge is -2.34. The van der Waals surface area contributed by atoms with Gasteiger partial charge in [0.2, 0.25) is 17.7 Å². The van der Waals surface area contributed by atoms with Gasteiger partial charge in [0.1, 0.15) is 49.8 Å². The maximum absolute atomic E-state index is 13.1. The number of morpholine rings is 1. The van der Waals surface area contributed by atoms with Crippen LogP contribution in [-0.4, -0.2) is 90.6 Å². The van der Waals surface area contributed by atoms with E-state index in [1.54, 1.807) is 30.3 Å². The largest absolute Gasteiger partial charge is 0.496 e. The fourth-order valence-corrected chi connectivity index (χ4v) is 5.03. The van der Waals surface area contributed by atoms with E-state index in [1.807, 2.05) is 0 Å². The van der Waals surface area contributed by atoms with Gasteiger partial charge in [-0.05, 0) is 29.7 Å². The molecule has 38 heavy (non-hydrogen) atoms. The molecule has 2 aromatic carbocycles. The Morgan fingerprint density at radius 3 is 2.53 bits per heavy atom. The third-order valence-corrected chi connectivity index (χ3v) is 7.07. The number of nitrogens with one attached hydrogen (secondary N) is 1. The van der Waals surface area contributed by atoms with E-state index in [0.717, 1.165) is 0 Å². The van der Waals surface area contributed by atoms with Gasteiger partial charge in [-0.1, -0.05) is 29.1 Å². The van der Waals surface area contributed by atoms with Gasteiger partial charge in [0.05, 0.1) is 19.2 Å². The second-order valence-electron chi connectivity index (χ2n) is 9.42. The number of hydrogen-bond donors (Lipinski definition) is 1. The highest BCUT2D eigenvalue weighted by molar-refractivity contribution is 6.38. The van der Waals surface area contributed by atoms with E-state index in [1.165, 1.54) is 9.80 Å². The molecule has 1 N–H and O–H groups in total. The number of nitrogens with zero attached hydrogens (tertiary/aromatic N) is 2. The third-order valence-electron chi connectivity index (χ3n) is 7.07. The van der Waals surface area contributed by atoms with E-state index in [-0.39, 0.29) is 54.6 Å². The van der Waals surface area contributed by atoms with E-state index in [0.29, 0.717) is 41.2 Å². The van der Waals surface area contributed by atoms with Crippen LogP contribution in [0.1, 0.15) is 51.8 Å². The summed E-state index contributed by atoms with van der Waals surface area (Å²) in [6, 6.07) is 6.32. The second kappa shape index (κ2) is 10.4.